The van der Waals surface area contributed by atoms with Crippen molar-refractivity contribution in [1.82, 2.24) is 0 Å². The molecule has 3 unspecified atom stereocenters. The Morgan fingerprint density at radius 3 is 2.53 bits per heavy atom. The fourth-order valence-corrected chi connectivity index (χ4v) is 4.41. The van der Waals surface area contributed by atoms with Crippen LogP contribution in [0, 0.1) is 30.4 Å². The van der Waals surface area contributed by atoms with E-state index in [1.807, 2.05) is 6.92 Å². The van der Waals surface area contributed by atoms with Gasteiger partial charge < -0.3 is 0 Å². The molecule has 2 saturated carbocycles. The molecule has 3 rings (SSSR count). The van der Waals surface area contributed by atoms with Gasteiger partial charge in [-0.15, -0.1) is 0 Å². The summed E-state index contributed by atoms with van der Waals surface area (Å²) in [7, 11) is 0. The van der Waals surface area contributed by atoms with E-state index in [0.717, 1.165) is 17.9 Å². The quantitative estimate of drug-likeness (QED) is 0.641. The summed E-state index contributed by atoms with van der Waals surface area (Å²) in [6.45, 7) is 1.92. The Bertz CT molecular complexity index is 465. The third-order valence-electron chi connectivity index (χ3n) is 5.30. The fourth-order valence-electron chi connectivity index (χ4n) is 4.41. The zero-order chi connectivity index (χ0) is 13.4. The predicted molar refractivity (Wildman–Crippen MR) is 73.1 cm³/mol. The lowest BCUT2D eigenvalue weighted by molar-refractivity contribution is 0.141. The second kappa shape index (κ2) is 5.22. The third kappa shape index (κ3) is 2.30. The summed E-state index contributed by atoms with van der Waals surface area (Å²) in [6, 6.07) is 3.00. The smallest absolute Gasteiger partial charge is 0.162 e. The summed E-state index contributed by atoms with van der Waals surface area (Å²) >= 11 is 0. The molecule has 104 valence electrons. The minimum absolute atomic E-state index is 0.245. The van der Waals surface area contributed by atoms with E-state index in [0.29, 0.717) is 11.5 Å². The summed E-state index contributed by atoms with van der Waals surface area (Å²) in [4.78, 5) is 0. The van der Waals surface area contributed by atoms with Gasteiger partial charge in [-0.05, 0) is 54.7 Å². The number of hydrogen-bond acceptors (Lipinski definition) is 0. The maximum atomic E-state index is 14.2. The van der Waals surface area contributed by atoms with E-state index in [-0.39, 0.29) is 5.92 Å². The topological polar surface area (TPSA) is 0 Å². The van der Waals surface area contributed by atoms with Gasteiger partial charge in [0.15, 0.2) is 11.6 Å². The molecule has 0 spiro atoms. The molecular weight excluding hydrogens is 242 g/mol. The molecule has 0 aliphatic heterocycles. The summed E-state index contributed by atoms with van der Waals surface area (Å²) < 4.78 is 27.8. The van der Waals surface area contributed by atoms with Crippen LogP contribution in [0.15, 0.2) is 12.1 Å². The largest absolute Gasteiger partial charge is 0.204 e. The van der Waals surface area contributed by atoms with Crippen molar-refractivity contribution in [3.05, 3.63) is 34.9 Å². The van der Waals surface area contributed by atoms with E-state index in [2.05, 4.69) is 0 Å². The van der Waals surface area contributed by atoms with E-state index >= 15 is 0 Å². The van der Waals surface area contributed by atoms with Crippen LogP contribution in [0.1, 0.15) is 62.0 Å². The monoisotopic (exact) mass is 264 g/mol. The first-order valence-electron chi connectivity index (χ1n) is 7.63. The average molecular weight is 264 g/mol. The summed E-state index contributed by atoms with van der Waals surface area (Å²) in [6.07, 6.45) is 8.55. The predicted octanol–water partition coefficient (Wildman–Crippen LogP) is 5.35. The van der Waals surface area contributed by atoms with Crippen LogP contribution in [-0.4, -0.2) is 0 Å². The molecule has 19 heavy (non-hydrogen) atoms. The maximum Gasteiger partial charge on any atom is 0.162 e. The van der Waals surface area contributed by atoms with Crippen LogP contribution in [0.4, 0.5) is 8.78 Å². The van der Waals surface area contributed by atoms with Crippen LogP contribution in [0.2, 0.25) is 0 Å². The van der Waals surface area contributed by atoms with Crippen molar-refractivity contribution < 1.29 is 8.78 Å². The Labute approximate surface area is 114 Å². The number of halogens is 2. The SMILES string of the molecule is Cc1ccc(F)c(F)c1C1CCCC2CCCCC21. The minimum Gasteiger partial charge on any atom is -0.204 e. The Hall–Kier alpha value is -0.920. The van der Waals surface area contributed by atoms with Gasteiger partial charge in [0.05, 0.1) is 0 Å². The highest BCUT2D eigenvalue weighted by atomic mass is 19.2. The highest BCUT2D eigenvalue weighted by molar-refractivity contribution is 5.33. The molecule has 3 atom stereocenters. The van der Waals surface area contributed by atoms with E-state index < -0.39 is 11.6 Å². The molecule has 0 bridgehead atoms. The van der Waals surface area contributed by atoms with Crippen molar-refractivity contribution in [3.8, 4) is 0 Å². The second-order valence-electron chi connectivity index (χ2n) is 6.34. The van der Waals surface area contributed by atoms with Crippen LogP contribution >= 0.6 is 0 Å². The molecule has 0 amide bonds. The lowest BCUT2D eigenvalue weighted by atomic mass is 9.63. The van der Waals surface area contributed by atoms with Gasteiger partial charge in [0, 0.05) is 0 Å². The zero-order valence-corrected chi connectivity index (χ0v) is 11.6. The highest BCUT2D eigenvalue weighted by Crippen LogP contribution is 2.49. The van der Waals surface area contributed by atoms with E-state index in [1.54, 1.807) is 6.07 Å². The van der Waals surface area contributed by atoms with Crippen LogP contribution in [0.25, 0.3) is 0 Å². The van der Waals surface area contributed by atoms with Crippen LogP contribution in [0.3, 0.4) is 0 Å². The average Bonchev–Trinajstić information content (AvgIpc) is 2.44. The van der Waals surface area contributed by atoms with Gasteiger partial charge >= 0.3 is 0 Å². The summed E-state index contributed by atoms with van der Waals surface area (Å²) in [5.41, 5.74) is 1.60. The number of rotatable bonds is 1. The Balaban J connectivity index is 1.98. The van der Waals surface area contributed by atoms with Gasteiger partial charge in [-0.1, -0.05) is 38.2 Å². The van der Waals surface area contributed by atoms with Crippen LogP contribution < -0.4 is 0 Å². The highest BCUT2D eigenvalue weighted by Gasteiger charge is 2.37. The Morgan fingerprint density at radius 1 is 0.947 bits per heavy atom. The molecule has 0 N–H and O–H groups in total. The molecular formula is C17H22F2. The van der Waals surface area contributed by atoms with E-state index in [4.69, 9.17) is 0 Å². The van der Waals surface area contributed by atoms with Crippen LogP contribution in [0.5, 0.6) is 0 Å². The van der Waals surface area contributed by atoms with Gasteiger partial charge in [-0.25, -0.2) is 8.78 Å². The lowest BCUT2D eigenvalue weighted by Gasteiger charge is -2.42. The molecule has 2 fully saturated rings. The van der Waals surface area contributed by atoms with Crippen molar-refractivity contribution >= 4 is 0 Å². The molecule has 0 aromatic heterocycles. The fraction of sp³-hybridized carbons (Fsp3) is 0.647. The first-order valence-corrected chi connectivity index (χ1v) is 7.63. The molecule has 1 aromatic carbocycles. The van der Waals surface area contributed by atoms with Crippen molar-refractivity contribution in [3.63, 3.8) is 0 Å². The minimum atomic E-state index is -0.682. The van der Waals surface area contributed by atoms with Crippen molar-refractivity contribution in [2.24, 2.45) is 11.8 Å². The Kier molecular flexibility index (Phi) is 3.60. The molecule has 0 nitrogen and oxygen atoms in total. The third-order valence-corrected chi connectivity index (χ3v) is 5.30. The molecule has 0 saturated heterocycles. The molecule has 1 aromatic rings. The normalized spacial score (nSPS) is 31.0. The number of hydrogen-bond donors (Lipinski definition) is 0. The van der Waals surface area contributed by atoms with E-state index in [1.165, 1.54) is 44.6 Å². The first-order chi connectivity index (χ1) is 9.18. The van der Waals surface area contributed by atoms with Crippen LogP contribution in [-0.2, 0) is 0 Å². The lowest BCUT2D eigenvalue weighted by Crippen LogP contribution is -2.30. The number of fused-ring (bicyclic) bond motifs is 1. The number of aryl methyl sites for hydroxylation is 1. The van der Waals surface area contributed by atoms with Crippen molar-refractivity contribution in [2.45, 2.75) is 57.8 Å². The first kappa shape index (κ1) is 13.1. The molecule has 2 aliphatic rings. The van der Waals surface area contributed by atoms with Crippen molar-refractivity contribution in [1.29, 1.82) is 0 Å². The maximum absolute atomic E-state index is 14.2. The second-order valence-corrected chi connectivity index (χ2v) is 6.34. The van der Waals surface area contributed by atoms with Gasteiger partial charge in [0.25, 0.3) is 0 Å². The van der Waals surface area contributed by atoms with E-state index in [9.17, 15) is 8.78 Å². The summed E-state index contributed by atoms with van der Waals surface area (Å²) in [5, 5.41) is 0. The number of benzene rings is 1. The van der Waals surface area contributed by atoms with Gasteiger partial charge in [-0.2, -0.15) is 0 Å². The molecule has 2 aliphatic carbocycles. The van der Waals surface area contributed by atoms with Gasteiger partial charge in [0.2, 0.25) is 0 Å². The molecule has 2 heteroatoms. The van der Waals surface area contributed by atoms with Gasteiger partial charge in [0.1, 0.15) is 0 Å². The standard InChI is InChI=1S/C17H22F2/c1-11-9-10-15(18)17(19)16(11)14-8-4-6-12-5-2-3-7-13(12)14/h9-10,12-14H,2-8H2,1H3. The van der Waals surface area contributed by atoms with Crippen molar-refractivity contribution in [2.75, 3.05) is 0 Å². The molecule has 0 heterocycles. The summed E-state index contributed by atoms with van der Waals surface area (Å²) in [5.74, 6) is 0.302. The Morgan fingerprint density at radius 2 is 1.68 bits per heavy atom. The molecule has 0 radical (unpaired) electrons. The van der Waals surface area contributed by atoms with Gasteiger partial charge in [-0.3, -0.25) is 0 Å². The zero-order valence-electron chi connectivity index (χ0n) is 11.6.